The molecule has 1 aromatic rings. The second kappa shape index (κ2) is 5.31. The average molecular weight is 256 g/mol. The molecule has 0 radical (unpaired) electrons. The molecule has 0 saturated carbocycles. The molecule has 0 aromatic heterocycles. The number of hydrogen-bond donors (Lipinski definition) is 0. The third-order valence-electron chi connectivity index (χ3n) is 2.53. The number of ether oxygens (including phenoxy) is 1. The van der Waals surface area contributed by atoms with Gasteiger partial charge in [-0.25, -0.2) is 8.42 Å². The van der Waals surface area contributed by atoms with Crippen LogP contribution < -0.4 is 4.74 Å². The highest BCUT2D eigenvalue weighted by Gasteiger charge is 2.18. The quantitative estimate of drug-likeness (QED) is 0.752. The van der Waals surface area contributed by atoms with Crippen molar-refractivity contribution in [2.24, 2.45) is 0 Å². The average Bonchev–Trinajstić information content (AvgIpc) is 2.28. The first-order valence-corrected chi connectivity index (χ1v) is 6.89. The summed E-state index contributed by atoms with van der Waals surface area (Å²) in [5.41, 5.74) is 1.40. The van der Waals surface area contributed by atoms with Crippen LogP contribution in [0.15, 0.2) is 17.0 Å². The summed E-state index contributed by atoms with van der Waals surface area (Å²) in [4.78, 5) is 10.5. The zero-order valence-electron chi connectivity index (χ0n) is 10.2. The van der Waals surface area contributed by atoms with E-state index in [0.29, 0.717) is 17.6 Å². The van der Waals surface area contributed by atoms with Crippen LogP contribution in [0.1, 0.15) is 17.5 Å². The maximum atomic E-state index is 12.0. The number of sulfone groups is 1. The number of aryl methyl sites for hydroxylation is 2. The third-order valence-corrected chi connectivity index (χ3v) is 4.42. The Morgan fingerprint density at radius 2 is 1.88 bits per heavy atom. The SMILES string of the molecule is COc1cc(C)c(S(=O)(=O)CCC=O)cc1C. The maximum absolute atomic E-state index is 12.0. The van der Waals surface area contributed by atoms with Gasteiger partial charge in [0.1, 0.15) is 12.0 Å². The molecule has 0 fully saturated rings. The highest BCUT2D eigenvalue weighted by Crippen LogP contribution is 2.26. The van der Waals surface area contributed by atoms with Crippen LogP contribution in [0, 0.1) is 13.8 Å². The molecule has 0 bridgehead atoms. The minimum absolute atomic E-state index is 0.0207. The number of methoxy groups -OCH3 is 1. The molecule has 0 aliphatic carbocycles. The molecule has 4 nitrogen and oxygen atoms in total. The highest BCUT2D eigenvalue weighted by molar-refractivity contribution is 7.91. The smallest absolute Gasteiger partial charge is 0.179 e. The van der Waals surface area contributed by atoms with Crippen LogP contribution in [0.2, 0.25) is 0 Å². The summed E-state index contributed by atoms with van der Waals surface area (Å²) >= 11 is 0. The summed E-state index contributed by atoms with van der Waals surface area (Å²) in [6, 6.07) is 3.29. The number of carbonyl (C=O) groups is 1. The van der Waals surface area contributed by atoms with Gasteiger partial charge in [0.15, 0.2) is 9.84 Å². The van der Waals surface area contributed by atoms with Gasteiger partial charge in [0.25, 0.3) is 0 Å². The van der Waals surface area contributed by atoms with Crippen molar-refractivity contribution >= 4 is 16.1 Å². The van der Waals surface area contributed by atoms with Crippen molar-refractivity contribution in [2.45, 2.75) is 25.2 Å². The van der Waals surface area contributed by atoms with Crippen LogP contribution in [0.25, 0.3) is 0 Å². The van der Waals surface area contributed by atoms with Gasteiger partial charge in [-0.1, -0.05) is 0 Å². The number of benzene rings is 1. The molecule has 0 N–H and O–H groups in total. The molecule has 5 heteroatoms. The van der Waals surface area contributed by atoms with E-state index in [0.717, 1.165) is 5.56 Å². The van der Waals surface area contributed by atoms with Crippen molar-refractivity contribution < 1.29 is 17.9 Å². The van der Waals surface area contributed by atoms with Crippen LogP contribution >= 0.6 is 0 Å². The van der Waals surface area contributed by atoms with Gasteiger partial charge < -0.3 is 9.53 Å². The second-order valence-electron chi connectivity index (χ2n) is 3.86. The Hall–Kier alpha value is -1.36. The number of aldehydes is 1. The number of carbonyl (C=O) groups excluding carboxylic acids is 1. The van der Waals surface area contributed by atoms with Crippen LogP contribution in [0.5, 0.6) is 5.75 Å². The summed E-state index contributed by atoms with van der Waals surface area (Å²) in [5, 5.41) is 0. The normalized spacial score (nSPS) is 11.2. The maximum Gasteiger partial charge on any atom is 0.179 e. The molecule has 0 atom stereocenters. The lowest BCUT2D eigenvalue weighted by molar-refractivity contribution is -0.107. The van der Waals surface area contributed by atoms with E-state index in [1.54, 1.807) is 33.1 Å². The van der Waals surface area contributed by atoms with Gasteiger partial charge in [0.2, 0.25) is 0 Å². The molecule has 1 aromatic carbocycles. The largest absolute Gasteiger partial charge is 0.496 e. The fraction of sp³-hybridized carbons (Fsp3) is 0.417. The number of hydrogen-bond acceptors (Lipinski definition) is 4. The van der Waals surface area contributed by atoms with Gasteiger partial charge in [-0.2, -0.15) is 0 Å². The summed E-state index contributed by atoms with van der Waals surface area (Å²) in [5.74, 6) is 0.514. The van der Waals surface area contributed by atoms with Crippen molar-refractivity contribution in [2.75, 3.05) is 12.9 Å². The molecule has 0 unspecified atom stereocenters. The third kappa shape index (κ3) is 3.06. The minimum atomic E-state index is -3.39. The molecule has 0 aliphatic rings. The van der Waals surface area contributed by atoms with Crippen LogP contribution in [-0.2, 0) is 14.6 Å². The lowest BCUT2D eigenvalue weighted by Crippen LogP contribution is -2.09. The van der Waals surface area contributed by atoms with E-state index < -0.39 is 9.84 Å². The Morgan fingerprint density at radius 1 is 1.24 bits per heavy atom. The van der Waals surface area contributed by atoms with Crippen molar-refractivity contribution in [1.82, 2.24) is 0 Å². The van der Waals surface area contributed by atoms with E-state index in [1.165, 1.54) is 0 Å². The first-order valence-electron chi connectivity index (χ1n) is 5.24. The van der Waals surface area contributed by atoms with Crippen molar-refractivity contribution in [3.8, 4) is 5.75 Å². The van der Waals surface area contributed by atoms with E-state index in [9.17, 15) is 13.2 Å². The molecular formula is C12H16O4S. The van der Waals surface area contributed by atoms with Crippen molar-refractivity contribution in [3.05, 3.63) is 23.3 Å². The highest BCUT2D eigenvalue weighted by atomic mass is 32.2. The fourth-order valence-corrected chi connectivity index (χ4v) is 3.16. The molecule has 0 aliphatic heterocycles. The van der Waals surface area contributed by atoms with Crippen LogP contribution in [-0.4, -0.2) is 27.6 Å². The predicted molar refractivity (Wildman–Crippen MR) is 65.2 cm³/mol. The van der Waals surface area contributed by atoms with Gasteiger partial charge in [0.05, 0.1) is 17.8 Å². The van der Waals surface area contributed by atoms with E-state index in [1.807, 2.05) is 0 Å². The van der Waals surface area contributed by atoms with E-state index >= 15 is 0 Å². The summed E-state index contributed by atoms with van der Waals surface area (Å²) < 4.78 is 29.1. The zero-order valence-corrected chi connectivity index (χ0v) is 11.0. The van der Waals surface area contributed by atoms with Crippen LogP contribution in [0.4, 0.5) is 0 Å². The molecule has 0 amide bonds. The monoisotopic (exact) mass is 256 g/mol. The molecule has 0 heterocycles. The molecular weight excluding hydrogens is 240 g/mol. The summed E-state index contributed by atoms with van der Waals surface area (Å²) in [6.07, 6.45) is 0.635. The standard InChI is InChI=1S/C12H16O4S/c1-9-8-12(10(2)7-11(9)16-3)17(14,15)6-4-5-13/h5,7-8H,4,6H2,1-3H3. The first kappa shape index (κ1) is 13.7. The predicted octanol–water partition coefficient (Wildman–Crippen LogP) is 1.67. The molecule has 0 saturated heterocycles. The van der Waals surface area contributed by atoms with Gasteiger partial charge in [-0.05, 0) is 37.1 Å². The lowest BCUT2D eigenvalue weighted by atomic mass is 10.1. The van der Waals surface area contributed by atoms with Gasteiger partial charge in [-0.15, -0.1) is 0 Å². The van der Waals surface area contributed by atoms with E-state index in [4.69, 9.17) is 4.74 Å². The second-order valence-corrected chi connectivity index (χ2v) is 5.94. The van der Waals surface area contributed by atoms with Crippen LogP contribution in [0.3, 0.4) is 0 Å². The van der Waals surface area contributed by atoms with E-state index in [2.05, 4.69) is 0 Å². The van der Waals surface area contributed by atoms with Crippen molar-refractivity contribution in [1.29, 1.82) is 0 Å². The summed E-state index contributed by atoms with van der Waals surface area (Å²) in [6.45, 7) is 3.51. The Balaban J connectivity index is 3.23. The summed E-state index contributed by atoms with van der Waals surface area (Å²) in [7, 11) is -1.84. The Bertz CT molecular complexity index is 518. The lowest BCUT2D eigenvalue weighted by Gasteiger charge is -2.11. The van der Waals surface area contributed by atoms with Crippen molar-refractivity contribution in [3.63, 3.8) is 0 Å². The topological polar surface area (TPSA) is 60.4 Å². The van der Waals surface area contributed by atoms with Gasteiger partial charge in [-0.3, -0.25) is 0 Å². The Kier molecular flexibility index (Phi) is 4.28. The molecule has 0 spiro atoms. The molecule has 94 valence electrons. The number of rotatable bonds is 5. The zero-order chi connectivity index (χ0) is 13.1. The van der Waals surface area contributed by atoms with Gasteiger partial charge >= 0.3 is 0 Å². The van der Waals surface area contributed by atoms with E-state index in [-0.39, 0.29) is 17.1 Å². The fourth-order valence-electron chi connectivity index (χ4n) is 1.63. The Labute approximate surface area is 102 Å². The minimum Gasteiger partial charge on any atom is -0.496 e. The molecule has 17 heavy (non-hydrogen) atoms. The molecule has 1 rings (SSSR count). The van der Waals surface area contributed by atoms with Gasteiger partial charge in [0, 0.05) is 6.42 Å². The Morgan fingerprint density at radius 3 is 2.41 bits per heavy atom. The first-order chi connectivity index (χ1) is 7.92.